The van der Waals surface area contributed by atoms with Crippen LogP contribution >= 0.6 is 11.8 Å². The van der Waals surface area contributed by atoms with Crippen LogP contribution in [-0.4, -0.2) is 26.5 Å². The lowest BCUT2D eigenvalue weighted by atomic mass is 10.6. The first-order valence-electron chi connectivity index (χ1n) is 5.00. The molecule has 2 aromatic rings. The summed E-state index contributed by atoms with van der Waals surface area (Å²) in [6, 6.07) is 1.69. The average Bonchev–Trinajstić information content (AvgIpc) is 2.35. The van der Waals surface area contributed by atoms with Gasteiger partial charge in [-0.2, -0.15) is 0 Å². The minimum atomic E-state index is -0.463. The third-order valence-corrected chi connectivity index (χ3v) is 2.73. The quantitative estimate of drug-likeness (QED) is 0.838. The van der Waals surface area contributed by atoms with Crippen LogP contribution < -0.4 is 5.32 Å². The maximum Gasteiger partial charge on any atom is 0.223 e. The van der Waals surface area contributed by atoms with Gasteiger partial charge in [0.1, 0.15) is 16.4 Å². The standard InChI is InChI=1S/C10H10FN5S/c1-2-13-10-14-5-7(11)9(16-10)17-8-3-4-12-6-15-8/h3-6H,2H2,1H3,(H,13,14,16). The van der Waals surface area contributed by atoms with E-state index in [0.717, 1.165) is 18.0 Å². The Morgan fingerprint density at radius 1 is 1.41 bits per heavy atom. The molecule has 17 heavy (non-hydrogen) atoms. The predicted octanol–water partition coefficient (Wildman–Crippen LogP) is 1.99. The molecule has 0 bridgehead atoms. The van der Waals surface area contributed by atoms with Crippen molar-refractivity contribution in [2.24, 2.45) is 0 Å². The highest BCUT2D eigenvalue weighted by atomic mass is 32.2. The van der Waals surface area contributed by atoms with E-state index in [2.05, 4.69) is 25.3 Å². The van der Waals surface area contributed by atoms with Gasteiger partial charge in [-0.15, -0.1) is 0 Å². The third kappa shape index (κ3) is 3.10. The Kier molecular flexibility index (Phi) is 3.81. The van der Waals surface area contributed by atoms with Crippen LogP contribution in [0.15, 0.2) is 34.8 Å². The normalized spacial score (nSPS) is 10.2. The lowest BCUT2D eigenvalue weighted by molar-refractivity contribution is 0.579. The van der Waals surface area contributed by atoms with E-state index in [0.29, 0.717) is 17.5 Å². The molecule has 7 heteroatoms. The van der Waals surface area contributed by atoms with Crippen molar-refractivity contribution in [1.29, 1.82) is 0 Å². The minimum Gasteiger partial charge on any atom is -0.354 e. The molecule has 0 unspecified atom stereocenters. The summed E-state index contributed by atoms with van der Waals surface area (Å²) in [6.07, 6.45) is 4.15. The van der Waals surface area contributed by atoms with Gasteiger partial charge in [0.2, 0.25) is 5.95 Å². The Balaban J connectivity index is 2.22. The van der Waals surface area contributed by atoms with E-state index in [1.165, 1.54) is 6.33 Å². The highest BCUT2D eigenvalue weighted by Gasteiger charge is 2.09. The molecule has 0 saturated carbocycles. The maximum absolute atomic E-state index is 13.5. The summed E-state index contributed by atoms with van der Waals surface area (Å²) in [5.41, 5.74) is 0. The first-order chi connectivity index (χ1) is 8.29. The van der Waals surface area contributed by atoms with Crippen molar-refractivity contribution in [3.63, 3.8) is 0 Å². The van der Waals surface area contributed by atoms with Crippen molar-refractivity contribution in [2.45, 2.75) is 17.0 Å². The van der Waals surface area contributed by atoms with E-state index >= 15 is 0 Å². The fourth-order valence-corrected chi connectivity index (χ4v) is 1.81. The Labute approximate surface area is 102 Å². The van der Waals surface area contributed by atoms with Gasteiger partial charge in [-0.05, 0) is 24.8 Å². The molecule has 0 fully saturated rings. The minimum absolute atomic E-state index is 0.245. The summed E-state index contributed by atoms with van der Waals surface area (Å²) in [4.78, 5) is 15.7. The second-order valence-electron chi connectivity index (χ2n) is 3.03. The molecule has 0 aliphatic heterocycles. The van der Waals surface area contributed by atoms with Crippen LogP contribution in [0.2, 0.25) is 0 Å². The van der Waals surface area contributed by atoms with Crippen LogP contribution in [0.25, 0.3) is 0 Å². The second kappa shape index (κ2) is 5.53. The third-order valence-electron chi connectivity index (χ3n) is 1.80. The largest absolute Gasteiger partial charge is 0.354 e. The highest BCUT2D eigenvalue weighted by Crippen LogP contribution is 2.26. The topological polar surface area (TPSA) is 63.6 Å². The van der Waals surface area contributed by atoms with Crippen LogP contribution in [0.4, 0.5) is 10.3 Å². The second-order valence-corrected chi connectivity index (χ2v) is 4.04. The van der Waals surface area contributed by atoms with Crippen molar-refractivity contribution < 1.29 is 4.39 Å². The van der Waals surface area contributed by atoms with Gasteiger partial charge in [0.25, 0.3) is 0 Å². The van der Waals surface area contributed by atoms with E-state index in [4.69, 9.17) is 0 Å². The smallest absolute Gasteiger partial charge is 0.223 e. The van der Waals surface area contributed by atoms with Crippen LogP contribution in [0.3, 0.4) is 0 Å². The molecule has 0 spiro atoms. The van der Waals surface area contributed by atoms with E-state index < -0.39 is 5.82 Å². The molecular formula is C10H10FN5S. The number of hydrogen-bond acceptors (Lipinski definition) is 6. The number of anilines is 1. The molecule has 88 valence electrons. The predicted molar refractivity (Wildman–Crippen MR) is 62.3 cm³/mol. The van der Waals surface area contributed by atoms with E-state index in [1.54, 1.807) is 12.3 Å². The van der Waals surface area contributed by atoms with Gasteiger partial charge in [-0.25, -0.2) is 24.3 Å². The van der Waals surface area contributed by atoms with Crippen LogP contribution in [-0.2, 0) is 0 Å². The van der Waals surface area contributed by atoms with Crippen molar-refractivity contribution in [2.75, 3.05) is 11.9 Å². The first kappa shape index (κ1) is 11.7. The van der Waals surface area contributed by atoms with Crippen molar-refractivity contribution >= 4 is 17.7 Å². The zero-order valence-electron chi connectivity index (χ0n) is 9.09. The molecule has 5 nitrogen and oxygen atoms in total. The summed E-state index contributed by atoms with van der Waals surface area (Å²) in [5.74, 6) is -0.0549. The summed E-state index contributed by atoms with van der Waals surface area (Å²) in [7, 11) is 0. The molecule has 0 radical (unpaired) electrons. The van der Waals surface area contributed by atoms with Gasteiger partial charge >= 0.3 is 0 Å². The lowest BCUT2D eigenvalue weighted by Gasteiger charge is -2.04. The Hall–Kier alpha value is -1.76. The molecule has 2 aromatic heterocycles. The Morgan fingerprint density at radius 3 is 3.00 bits per heavy atom. The first-order valence-corrected chi connectivity index (χ1v) is 5.81. The monoisotopic (exact) mass is 251 g/mol. The molecular weight excluding hydrogens is 241 g/mol. The molecule has 2 heterocycles. The molecule has 0 aliphatic carbocycles. The summed E-state index contributed by atoms with van der Waals surface area (Å²) < 4.78 is 13.5. The summed E-state index contributed by atoms with van der Waals surface area (Å²) >= 11 is 1.14. The van der Waals surface area contributed by atoms with Crippen LogP contribution in [0, 0.1) is 5.82 Å². The summed E-state index contributed by atoms with van der Waals surface area (Å²) in [6.45, 7) is 2.60. The summed E-state index contributed by atoms with van der Waals surface area (Å²) in [5, 5.41) is 3.81. The van der Waals surface area contributed by atoms with Gasteiger partial charge in [0, 0.05) is 12.7 Å². The number of nitrogens with one attached hydrogen (secondary N) is 1. The number of aromatic nitrogens is 4. The lowest BCUT2D eigenvalue weighted by Crippen LogP contribution is -2.03. The van der Waals surface area contributed by atoms with Gasteiger partial charge in [-0.1, -0.05) is 0 Å². The van der Waals surface area contributed by atoms with E-state index in [-0.39, 0.29) is 5.03 Å². The van der Waals surface area contributed by atoms with Crippen LogP contribution in [0.5, 0.6) is 0 Å². The molecule has 0 amide bonds. The van der Waals surface area contributed by atoms with Crippen LogP contribution in [0.1, 0.15) is 6.92 Å². The van der Waals surface area contributed by atoms with Gasteiger partial charge < -0.3 is 5.32 Å². The molecule has 0 aromatic carbocycles. The van der Waals surface area contributed by atoms with Gasteiger partial charge in [0.05, 0.1) is 6.20 Å². The zero-order valence-corrected chi connectivity index (χ0v) is 9.91. The number of nitrogens with zero attached hydrogens (tertiary/aromatic N) is 4. The molecule has 1 N–H and O–H groups in total. The molecule has 0 atom stereocenters. The van der Waals surface area contributed by atoms with Crippen molar-refractivity contribution in [3.05, 3.63) is 30.6 Å². The van der Waals surface area contributed by atoms with E-state index in [9.17, 15) is 4.39 Å². The van der Waals surface area contributed by atoms with Gasteiger partial charge in [0.15, 0.2) is 5.82 Å². The average molecular weight is 251 g/mol. The maximum atomic E-state index is 13.5. The fraction of sp³-hybridized carbons (Fsp3) is 0.200. The van der Waals surface area contributed by atoms with Gasteiger partial charge in [-0.3, -0.25) is 0 Å². The number of rotatable bonds is 4. The van der Waals surface area contributed by atoms with Crippen molar-refractivity contribution in [3.8, 4) is 0 Å². The molecule has 2 rings (SSSR count). The molecule has 0 aliphatic rings. The zero-order chi connectivity index (χ0) is 12.1. The van der Waals surface area contributed by atoms with Crippen molar-refractivity contribution in [1.82, 2.24) is 19.9 Å². The van der Waals surface area contributed by atoms with E-state index in [1.807, 2.05) is 6.92 Å². The number of hydrogen-bond donors (Lipinski definition) is 1. The molecule has 0 saturated heterocycles. The Bertz CT molecular complexity index is 493. The fourth-order valence-electron chi connectivity index (χ4n) is 1.10. The Morgan fingerprint density at radius 2 is 2.29 bits per heavy atom. The number of halogens is 1. The highest BCUT2D eigenvalue weighted by molar-refractivity contribution is 7.99. The SMILES string of the molecule is CCNc1ncc(F)c(Sc2ccncn2)n1.